The van der Waals surface area contributed by atoms with E-state index in [1.165, 1.54) is 10.8 Å². The molecule has 4 nitrogen and oxygen atoms in total. The maximum absolute atomic E-state index is 12.7. The number of anilines is 1. The molecule has 0 bridgehead atoms. The highest BCUT2D eigenvalue weighted by Crippen LogP contribution is 2.22. The molecule has 0 radical (unpaired) electrons. The third kappa shape index (κ3) is 4.79. The summed E-state index contributed by atoms with van der Waals surface area (Å²) in [5.74, 6) is 0.141. The van der Waals surface area contributed by atoms with Crippen LogP contribution in [0, 0.1) is 0 Å². The van der Waals surface area contributed by atoms with E-state index in [0.717, 1.165) is 25.3 Å². The maximum atomic E-state index is 12.7. The number of hydrogen-bond donors (Lipinski definition) is 0. The summed E-state index contributed by atoms with van der Waals surface area (Å²) in [6.45, 7) is 8.35. The van der Waals surface area contributed by atoms with Gasteiger partial charge in [-0.15, -0.1) is 0 Å². The van der Waals surface area contributed by atoms with Crippen LogP contribution in [0.5, 0.6) is 0 Å². The van der Waals surface area contributed by atoms with Gasteiger partial charge in [0.15, 0.2) is 0 Å². The zero-order chi connectivity index (χ0) is 17.5. The van der Waals surface area contributed by atoms with Crippen molar-refractivity contribution < 1.29 is 4.79 Å². The number of nitrogens with zero attached hydrogens (tertiary/aromatic N) is 3. The van der Waals surface area contributed by atoms with Crippen molar-refractivity contribution >= 4 is 22.4 Å². The average molecular weight is 327 g/mol. The van der Waals surface area contributed by atoms with Gasteiger partial charge in [0, 0.05) is 18.8 Å². The summed E-state index contributed by atoms with van der Waals surface area (Å²) in [6, 6.07) is 14.5. The molecular formula is C20H29N3O. The zero-order valence-corrected chi connectivity index (χ0v) is 15.3. The second kappa shape index (κ2) is 8.81. The third-order valence-corrected chi connectivity index (χ3v) is 4.33. The molecule has 2 aromatic rings. The summed E-state index contributed by atoms with van der Waals surface area (Å²) in [5, 5.41) is 2.37. The van der Waals surface area contributed by atoms with Gasteiger partial charge in [0.2, 0.25) is 5.91 Å². The maximum Gasteiger partial charge on any atom is 0.241 e. The number of fused-ring (bicyclic) bond motifs is 1. The first kappa shape index (κ1) is 18.4. The van der Waals surface area contributed by atoms with Crippen molar-refractivity contribution in [3.05, 3.63) is 42.5 Å². The summed E-state index contributed by atoms with van der Waals surface area (Å²) in [7, 11) is 3.86. The molecule has 0 heterocycles. The Morgan fingerprint density at radius 3 is 2.21 bits per heavy atom. The fraction of sp³-hybridized carbons (Fsp3) is 0.450. The Morgan fingerprint density at radius 2 is 1.58 bits per heavy atom. The Labute approximate surface area is 145 Å². The minimum Gasteiger partial charge on any atom is -0.310 e. The van der Waals surface area contributed by atoms with Crippen molar-refractivity contribution in [1.29, 1.82) is 0 Å². The van der Waals surface area contributed by atoms with E-state index in [1.807, 2.05) is 36.0 Å². The number of carbonyl (C=O) groups excluding carboxylic acids is 1. The van der Waals surface area contributed by atoms with Crippen LogP contribution in [-0.4, -0.2) is 62.5 Å². The number of carbonyl (C=O) groups is 1. The van der Waals surface area contributed by atoms with Gasteiger partial charge in [-0.3, -0.25) is 4.79 Å². The topological polar surface area (TPSA) is 26.8 Å². The Morgan fingerprint density at radius 1 is 0.917 bits per heavy atom. The monoisotopic (exact) mass is 327 g/mol. The molecule has 130 valence electrons. The lowest BCUT2D eigenvalue weighted by molar-refractivity contribution is -0.119. The van der Waals surface area contributed by atoms with Crippen LogP contribution in [0.1, 0.15) is 13.8 Å². The largest absolute Gasteiger partial charge is 0.310 e. The van der Waals surface area contributed by atoms with E-state index >= 15 is 0 Å². The molecular weight excluding hydrogens is 298 g/mol. The van der Waals surface area contributed by atoms with E-state index in [9.17, 15) is 4.79 Å². The zero-order valence-electron chi connectivity index (χ0n) is 15.3. The van der Waals surface area contributed by atoms with E-state index in [4.69, 9.17) is 0 Å². The molecule has 0 saturated carbocycles. The second-order valence-corrected chi connectivity index (χ2v) is 6.34. The SMILES string of the molecule is CCN(CC)CCN(C(=O)CN(C)C)c1ccc2ccccc2c1. The summed E-state index contributed by atoms with van der Waals surface area (Å²) in [4.78, 5) is 18.9. The predicted octanol–water partition coefficient (Wildman–Crippen LogP) is 3.08. The molecule has 0 aliphatic rings. The van der Waals surface area contributed by atoms with Gasteiger partial charge in [0.25, 0.3) is 0 Å². The standard InChI is InChI=1S/C20H29N3O/c1-5-22(6-2)13-14-23(20(24)16-21(3)4)19-12-11-17-9-7-8-10-18(17)15-19/h7-12,15H,5-6,13-14,16H2,1-4H3. The minimum absolute atomic E-state index is 0.141. The fourth-order valence-electron chi connectivity index (χ4n) is 2.88. The molecule has 0 saturated heterocycles. The number of likely N-dealkylation sites (N-methyl/N-ethyl adjacent to an activating group) is 2. The van der Waals surface area contributed by atoms with Gasteiger partial charge in [-0.1, -0.05) is 44.2 Å². The van der Waals surface area contributed by atoms with E-state index in [2.05, 4.69) is 49.1 Å². The van der Waals surface area contributed by atoms with Gasteiger partial charge in [-0.05, 0) is 50.1 Å². The highest BCUT2D eigenvalue weighted by molar-refractivity contribution is 5.97. The molecule has 0 aromatic heterocycles. The molecule has 4 heteroatoms. The van der Waals surface area contributed by atoms with E-state index in [-0.39, 0.29) is 5.91 Å². The molecule has 0 N–H and O–H groups in total. The molecule has 0 aliphatic heterocycles. The van der Waals surface area contributed by atoms with Gasteiger partial charge >= 0.3 is 0 Å². The Balaban J connectivity index is 2.26. The van der Waals surface area contributed by atoms with Crippen LogP contribution in [0.3, 0.4) is 0 Å². The summed E-state index contributed by atoms with van der Waals surface area (Å²) < 4.78 is 0. The van der Waals surface area contributed by atoms with Crippen molar-refractivity contribution in [3.8, 4) is 0 Å². The summed E-state index contributed by atoms with van der Waals surface area (Å²) in [6.07, 6.45) is 0. The summed E-state index contributed by atoms with van der Waals surface area (Å²) >= 11 is 0. The molecule has 1 amide bonds. The van der Waals surface area contributed by atoms with Crippen molar-refractivity contribution in [3.63, 3.8) is 0 Å². The van der Waals surface area contributed by atoms with Crippen LogP contribution in [-0.2, 0) is 4.79 Å². The van der Waals surface area contributed by atoms with Crippen LogP contribution >= 0.6 is 0 Å². The summed E-state index contributed by atoms with van der Waals surface area (Å²) in [5.41, 5.74) is 0.979. The molecule has 24 heavy (non-hydrogen) atoms. The van der Waals surface area contributed by atoms with Crippen LogP contribution in [0.2, 0.25) is 0 Å². The van der Waals surface area contributed by atoms with E-state index in [0.29, 0.717) is 13.1 Å². The number of amides is 1. The normalized spacial score (nSPS) is 11.4. The molecule has 0 fully saturated rings. The van der Waals surface area contributed by atoms with Crippen LogP contribution in [0.25, 0.3) is 10.8 Å². The van der Waals surface area contributed by atoms with Crippen molar-refractivity contribution in [2.24, 2.45) is 0 Å². The lowest BCUT2D eigenvalue weighted by Crippen LogP contribution is -2.42. The Kier molecular flexibility index (Phi) is 6.76. The van der Waals surface area contributed by atoms with Crippen molar-refractivity contribution in [2.75, 3.05) is 51.7 Å². The molecule has 0 unspecified atom stereocenters. The van der Waals surface area contributed by atoms with E-state index < -0.39 is 0 Å². The van der Waals surface area contributed by atoms with Gasteiger partial charge in [-0.2, -0.15) is 0 Å². The Hall–Kier alpha value is -1.91. The highest BCUT2D eigenvalue weighted by atomic mass is 16.2. The van der Waals surface area contributed by atoms with Gasteiger partial charge in [0.1, 0.15) is 0 Å². The Bertz CT molecular complexity index is 665. The van der Waals surface area contributed by atoms with Gasteiger partial charge < -0.3 is 14.7 Å². The third-order valence-electron chi connectivity index (χ3n) is 4.33. The second-order valence-electron chi connectivity index (χ2n) is 6.34. The number of hydrogen-bond acceptors (Lipinski definition) is 3. The van der Waals surface area contributed by atoms with Crippen molar-refractivity contribution in [2.45, 2.75) is 13.8 Å². The number of benzene rings is 2. The predicted molar refractivity (Wildman–Crippen MR) is 103 cm³/mol. The van der Waals surface area contributed by atoms with Gasteiger partial charge in [0.05, 0.1) is 6.54 Å². The highest BCUT2D eigenvalue weighted by Gasteiger charge is 2.17. The average Bonchev–Trinajstić information content (AvgIpc) is 2.58. The minimum atomic E-state index is 0.141. The molecule has 0 aliphatic carbocycles. The number of rotatable bonds is 8. The van der Waals surface area contributed by atoms with E-state index in [1.54, 1.807) is 0 Å². The molecule has 0 atom stereocenters. The molecule has 0 spiro atoms. The fourth-order valence-corrected chi connectivity index (χ4v) is 2.88. The van der Waals surface area contributed by atoms with Crippen molar-refractivity contribution in [1.82, 2.24) is 9.80 Å². The first-order chi connectivity index (χ1) is 11.5. The lowest BCUT2D eigenvalue weighted by Gasteiger charge is -2.28. The van der Waals surface area contributed by atoms with Crippen LogP contribution in [0.15, 0.2) is 42.5 Å². The first-order valence-corrected chi connectivity index (χ1v) is 8.71. The quantitative estimate of drug-likeness (QED) is 0.745. The van der Waals surface area contributed by atoms with Gasteiger partial charge in [-0.25, -0.2) is 0 Å². The molecule has 2 aromatic carbocycles. The smallest absolute Gasteiger partial charge is 0.241 e. The molecule has 2 rings (SSSR count). The lowest BCUT2D eigenvalue weighted by atomic mass is 10.1. The first-order valence-electron chi connectivity index (χ1n) is 8.71. The van der Waals surface area contributed by atoms with Crippen LogP contribution in [0.4, 0.5) is 5.69 Å². The van der Waals surface area contributed by atoms with Crippen LogP contribution < -0.4 is 4.90 Å².